The lowest BCUT2D eigenvalue weighted by atomic mass is 9.83. The van der Waals surface area contributed by atoms with Gasteiger partial charge in [0, 0.05) is 12.5 Å². The molecule has 1 aromatic rings. The second-order valence-corrected chi connectivity index (χ2v) is 6.33. The van der Waals surface area contributed by atoms with Crippen molar-refractivity contribution < 1.29 is 4.79 Å². The Morgan fingerprint density at radius 3 is 2.79 bits per heavy atom. The third-order valence-electron chi connectivity index (χ3n) is 3.83. The number of fused-ring (bicyclic) bond motifs is 1. The van der Waals surface area contributed by atoms with E-state index in [1.54, 1.807) is 0 Å². The van der Waals surface area contributed by atoms with Crippen LogP contribution in [0.1, 0.15) is 36.8 Å². The number of hydrogen-bond acceptors (Lipinski definition) is 1. The number of carbonyl (C=O) groups is 1. The first kappa shape index (κ1) is 14.8. The van der Waals surface area contributed by atoms with Crippen LogP contribution in [0, 0.1) is 5.92 Å². The highest BCUT2D eigenvalue weighted by Crippen LogP contribution is 2.25. The number of unbranched alkanes of at least 4 members (excludes halogenated alkanes) is 2. The number of rotatable bonds is 6. The van der Waals surface area contributed by atoms with E-state index < -0.39 is 0 Å². The van der Waals surface area contributed by atoms with Crippen molar-refractivity contribution in [3.05, 3.63) is 35.4 Å². The fourth-order valence-electron chi connectivity index (χ4n) is 2.67. The maximum atomic E-state index is 12.1. The maximum Gasteiger partial charge on any atom is 0.223 e. The number of benzene rings is 1. The first-order valence-electron chi connectivity index (χ1n) is 7.21. The van der Waals surface area contributed by atoms with E-state index >= 15 is 0 Å². The summed E-state index contributed by atoms with van der Waals surface area (Å²) in [5.74, 6) is 0.434. The van der Waals surface area contributed by atoms with E-state index in [0.717, 1.165) is 32.2 Å². The molecule has 1 N–H and O–H groups in total. The molecule has 0 heterocycles. The fourth-order valence-corrected chi connectivity index (χ4v) is 3.21. The third-order valence-corrected chi connectivity index (χ3v) is 4.59. The quantitative estimate of drug-likeness (QED) is 0.463. The lowest BCUT2D eigenvalue weighted by Crippen LogP contribution is -2.34. The molecule has 1 aliphatic rings. The second-order valence-electron chi connectivity index (χ2n) is 5.25. The molecule has 0 fully saturated rings. The van der Waals surface area contributed by atoms with Gasteiger partial charge in [-0.2, -0.15) is 0 Å². The van der Waals surface area contributed by atoms with Crippen LogP contribution in [0.3, 0.4) is 0 Å². The maximum absolute atomic E-state index is 12.1. The molecule has 0 bridgehead atoms. The molecule has 0 aromatic heterocycles. The van der Waals surface area contributed by atoms with Crippen LogP contribution >= 0.6 is 22.6 Å². The van der Waals surface area contributed by atoms with Crippen LogP contribution in [0.25, 0.3) is 0 Å². The first-order chi connectivity index (χ1) is 9.31. The molecule has 104 valence electrons. The Kier molecular flexibility index (Phi) is 6.14. The van der Waals surface area contributed by atoms with Crippen molar-refractivity contribution in [3.8, 4) is 0 Å². The zero-order chi connectivity index (χ0) is 13.5. The second kappa shape index (κ2) is 7.88. The first-order valence-corrected chi connectivity index (χ1v) is 8.74. The molecule has 2 rings (SSSR count). The molecule has 1 aliphatic carbocycles. The summed E-state index contributed by atoms with van der Waals surface area (Å²) in [5.41, 5.74) is 2.78. The van der Waals surface area contributed by atoms with Gasteiger partial charge in [-0.3, -0.25) is 4.79 Å². The number of carbonyl (C=O) groups excluding carboxylic acids is 1. The monoisotopic (exact) mass is 371 g/mol. The van der Waals surface area contributed by atoms with Crippen molar-refractivity contribution in [1.82, 2.24) is 5.32 Å². The highest BCUT2D eigenvalue weighted by Gasteiger charge is 2.23. The van der Waals surface area contributed by atoms with Gasteiger partial charge in [-0.1, -0.05) is 53.3 Å². The highest BCUT2D eigenvalue weighted by atomic mass is 127. The lowest BCUT2D eigenvalue weighted by molar-refractivity contribution is -0.125. The van der Waals surface area contributed by atoms with Crippen molar-refractivity contribution in [2.24, 2.45) is 5.92 Å². The van der Waals surface area contributed by atoms with Gasteiger partial charge in [0.1, 0.15) is 0 Å². The Labute approximate surface area is 129 Å². The van der Waals surface area contributed by atoms with E-state index in [1.807, 2.05) is 0 Å². The predicted octanol–water partition coefficient (Wildman–Crippen LogP) is 3.51. The van der Waals surface area contributed by atoms with Gasteiger partial charge in [0.15, 0.2) is 0 Å². The van der Waals surface area contributed by atoms with Crippen LogP contribution in [-0.4, -0.2) is 16.9 Å². The van der Waals surface area contributed by atoms with E-state index in [2.05, 4.69) is 52.2 Å². The zero-order valence-electron chi connectivity index (χ0n) is 11.3. The Hall–Kier alpha value is -0.580. The van der Waals surface area contributed by atoms with Gasteiger partial charge >= 0.3 is 0 Å². The molecular formula is C16H22INO. The molecule has 1 atom stereocenters. The predicted molar refractivity (Wildman–Crippen MR) is 87.7 cm³/mol. The van der Waals surface area contributed by atoms with E-state index in [0.29, 0.717) is 0 Å². The van der Waals surface area contributed by atoms with Gasteiger partial charge in [-0.05, 0) is 47.7 Å². The summed E-state index contributed by atoms with van der Waals surface area (Å²) in [7, 11) is 0. The standard InChI is InChI=1S/C16H22INO/c17-10-4-1-5-11-18-16(19)15-9-8-13-6-2-3-7-14(13)12-15/h2-3,6-7,15H,1,4-5,8-12H2,(H,18,19). The van der Waals surface area contributed by atoms with Crippen LogP contribution < -0.4 is 5.32 Å². The largest absolute Gasteiger partial charge is 0.356 e. The Morgan fingerprint density at radius 1 is 1.21 bits per heavy atom. The highest BCUT2D eigenvalue weighted by molar-refractivity contribution is 14.1. The van der Waals surface area contributed by atoms with Crippen LogP contribution in [0.4, 0.5) is 0 Å². The molecular weight excluding hydrogens is 349 g/mol. The molecule has 19 heavy (non-hydrogen) atoms. The van der Waals surface area contributed by atoms with E-state index in [1.165, 1.54) is 28.4 Å². The molecule has 0 saturated carbocycles. The molecule has 2 nitrogen and oxygen atoms in total. The fraction of sp³-hybridized carbons (Fsp3) is 0.562. The molecule has 0 radical (unpaired) electrons. The number of alkyl halides is 1. The molecule has 3 heteroatoms. The van der Waals surface area contributed by atoms with Crippen LogP contribution in [0.5, 0.6) is 0 Å². The third kappa shape index (κ3) is 4.48. The number of nitrogens with one attached hydrogen (secondary N) is 1. The van der Waals surface area contributed by atoms with Crippen LogP contribution in [0.15, 0.2) is 24.3 Å². The summed E-state index contributed by atoms with van der Waals surface area (Å²) in [4.78, 5) is 12.1. The summed E-state index contributed by atoms with van der Waals surface area (Å²) in [6, 6.07) is 8.51. The molecule has 0 saturated heterocycles. The molecule has 0 aliphatic heterocycles. The summed E-state index contributed by atoms with van der Waals surface area (Å²) in [6.45, 7) is 0.841. The average molecular weight is 371 g/mol. The molecule has 1 amide bonds. The topological polar surface area (TPSA) is 29.1 Å². The van der Waals surface area contributed by atoms with Gasteiger partial charge in [-0.25, -0.2) is 0 Å². The Morgan fingerprint density at radius 2 is 2.00 bits per heavy atom. The minimum Gasteiger partial charge on any atom is -0.356 e. The van der Waals surface area contributed by atoms with E-state index in [-0.39, 0.29) is 11.8 Å². The minimum absolute atomic E-state index is 0.180. The van der Waals surface area contributed by atoms with Crippen molar-refractivity contribution >= 4 is 28.5 Å². The molecule has 0 spiro atoms. The minimum atomic E-state index is 0.180. The van der Waals surface area contributed by atoms with E-state index in [4.69, 9.17) is 0 Å². The van der Waals surface area contributed by atoms with Gasteiger partial charge in [0.05, 0.1) is 0 Å². The summed E-state index contributed by atoms with van der Waals surface area (Å²) in [6.07, 6.45) is 6.54. The number of halogens is 1. The van der Waals surface area contributed by atoms with Crippen LogP contribution in [-0.2, 0) is 17.6 Å². The Bertz CT molecular complexity index is 419. The van der Waals surface area contributed by atoms with Gasteiger partial charge in [0.25, 0.3) is 0 Å². The SMILES string of the molecule is O=C(NCCCCCI)C1CCc2ccccc2C1. The molecule has 1 aromatic carbocycles. The molecule has 1 unspecified atom stereocenters. The Balaban J connectivity index is 1.76. The van der Waals surface area contributed by atoms with Gasteiger partial charge in [0.2, 0.25) is 5.91 Å². The lowest BCUT2D eigenvalue weighted by Gasteiger charge is -2.23. The summed E-state index contributed by atoms with van der Waals surface area (Å²) >= 11 is 2.40. The van der Waals surface area contributed by atoms with Crippen molar-refractivity contribution in [1.29, 1.82) is 0 Å². The van der Waals surface area contributed by atoms with E-state index in [9.17, 15) is 4.79 Å². The number of hydrogen-bond donors (Lipinski definition) is 1. The number of amides is 1. The smallest absolute Gasteiger partial charge is 0.223 e. The van der Waals surface area contributed by atoms with Gasteiger partial charge in [-0.15, -0.1) is 0 Å². The van der Waals surface area contributed by atoms with Crippen molar-refractivity contribution in [2.45, 2.75) is 38.5 Å². The van der Waals surface area contributed by atoms with Crippen molar-refractivity contribution in [3.63, 3.8) is 0 Å². The summed E-state index contributed by atoms with van der Waals surface area (Å²) in [5, 5.41) is 3.10. The van der Waals surface area contributed by atoms with Gasteiger partial charge < -0.3 is 5.32 Å². The van der Waals surface area contributed by atoms with Crippen LogP contribution in [0.2, 0.25) is 0 Å². The average Bonchev–Trinajstić information content (AvgIpc) is 2.46. The zero-order valence-corrected chi connectivity index (χ0v) is 13.5. The summed E-state index contributed by atoms with van der Waals surface area (Å²) < 4.78 is 1.21. The normalized spacial score (nSPS) is 17.8. The van der Waals surface area contributed by atoms with Crippen molar-refractivity contribution in [2.75, 3.05) is 11.0 Å². The number of aryl methyl sites for hydroxylation is 1.